The molecule has 0 spiro atoms. The van der Waals surface area contributed by atoms with Gasteiger partial charge in [0.05, 0.1) is 48.9 Å². The second-order valence-electron chi connectivity index (χ2n) is 7.73. The van der Waals surface area contributed by atoms with E-state index in [2.05, 4.69) is 32.2 Å². The number of hydrogen-bond donors (Lipinski definition) is 1. The van der Waals surface area contributed by atoms with E-state index in [4.69, 9.17) is 9.47 Å². The van der Waals surface area contributed by atoms with Crippen LogP contribution >= 0.6 is 0 Å². The van der Waals surface area contributed by atoms with Gasteiger partial charge >= 0.3 is 0 Å². The van der Waals surface area contributed by atoms with Crippen molar-refractivity contribution in [3.8, 4) is 0 Å². The van der Waals surface area contributed by atoms with E-state index in [9.17, 15) is 4.79 Å². The Bertz CT molecular complexity index is 1070. The number of aromatic nitrogens is 1. The summed E-state index contributed by atoms with van der Waals surface area (Å²) in [5, 5.41) is 4.00. The standard InChI is InChI=1S/C24H26N4O3/c29-24(20-7-8-25-21-4-2-1-3-19(20)21)26-22-6-5-18(27-9-13-30-14-10-27)17-23(22)28-11-15-31-16-12-28/h1-8,17H,9-16H2,(H,26,29). The lowest BCUT2D eigenvalue weighted by atomic mass is 10.1. The van der Waals surface area contributed by atoms with E-state index in [1.807, 2.05) is 30.3 Å². The third kappa shape index (κ3) is 4.19. The number of morpholine rings is 2. The highest BCUT2D eigenvalue weighted by Gasteiger charge is 2.20. The predicted octanol–water partition coefficient (Wildman–Crippen LogP) is 3.16. The molecule has 2 aromatic carbocycles. The van der Waals surface area contributed by atoms with Gasteiger partial charge in [-0.3, -0.25) is 9.78 Å². The number of carbonyl (C=O) groups is 1. The minimum absolute atomic E-state index is 0.132. The number of amides is 1. The molecule has 1 amide bonds. The van der Waals surface area contributed by atoms with Gasteiger partial charge in [-0.15, -0.1) is 0 Å². The molecule has 2 aliphatic heterocycles. The average Bonchev–Trinajstić information content (AvgIpc) is 2.85. The zero-order valence-corrected chi connectivity index (χ0v) is 17.4. The molecule has 160 valence electrons. The van der Waals surface area contributed by atoms with Gasteiger partial charge in [0.25, 0.3) is 5.91 Å². The molecule has 0 saturated carbocycles. The number of carbonyl (C=O) groups excluding carboxylic acids is 1. The highest BCUT2D eigenvalue weighted by atomic mass is 16.5. The van der Waals surface area contributed by atoms with E-state index in [1.165, 1.54) is 0 Å². The summed E-state index contributed by atoms with van der Waals surface area (Å²) in [6.45, 7) is 6.19. The zero-order chi connectivity index (χ0) is 21.0. The monoisotopic (exact) mass is 418 g/mol. The maximum absolute atomic E-state index is 13.2. The van der Waals surface area contributed by atoms with Crippen LogP contribution in [0.15, 0.2) is 54.7 Å². The van der Waals surface area contributed by atoms with Crippen LogP contribution in [-0.2, 0) is 9.47 Å². The quantitative estimate of drug-likeness (QED) is 0.702. The first kappa shape index (κ1) is 19.8. The molecule has 0 radical (unpaired) electrons. The van der Waals surface area contributed by atoms with Crippen molar-refractivity contribution in [1.82, 2.24) is 4.98 Å². The fourth-order valence-electron chi connectivity index (χ4n) is 4.19. The fraction of sp³-hybridized carbons (Fsp3) is 0.333. The summed E-state index contributed by atoms with van der Waals surface area (Å²) in [5.74, 6) is -0.132. The molecule has 2 saturated heterocycles. The molecule has 1 aromatic heterocycles. The Kier molecular flexibility index (Phi) is 5.69. The Morgan fingerprint density at radius 2 is 1.58 bits per heavy atom. The number of fused-ring (bicyclic) bond motifs is 1. The van der Waals surface area contributed by atoms with Gasteiger partial charge in [0.1, 0.15) is 0 Å². The van der Waals surface area contributed by atoms with Gasteiger partial charge in [-0.25, -0.2) is 0 Å². The van der Waals surface area contributed by atoms with Crippen molar-refractivity contribution in [1.29, 1.82) is 0 Å². The first-order chi connectivity index (χ1) is 15.3. The molecule has 3 aromatic rings. The maximum atomic E-state index is 13.2. The van der Waals surface area contributed by atoms with E-state index >= 15 is 0 Å². The summed E-state index contributed by atoms with van der Waals surface area (Å²) < 4.78 is 11.0. The van der Waals surface area contributed by atoms with E-state index < -0.39 is 0 Å². The Hall–Kier alpha value is -3.16. The van der Waals surface area contributed by atoms with Crippen molar-refractivity contribution in [2.45, 2.75) is 0 Å². The summed E-state index contributed by atoms with van der Waals surface area (Å²) in [7, 11) is 0. The SMILES string of the molecule is O=C(Nc1ccc(N2CCOCC2)cc1N1CCOCC1)c1ccnc2ccccc12. The van der Waals surface area contributed by atoms with Gasteiger partial charge in [-0.1, -0.05) is 18.2 Å². The number of hydrogen-bond acceptors (Lipinski definition) is 6. The number of nitrogens with zero attached hydrogens (tertiary/aromatic N) is 3. The Morgan fingerprint density at radius 1 is 0.871 bits per heavy atom. The van der Waals surface area contributed by atoms with Crippen molar-refractivity contribution in [2.75, 3.05) is 67.7 Å². The Morgan fingerprint density at radius 3 is 2.35 bits per heavy atom. The molecule has 0 aliphatic carbocycles. The molecule has 31 heavy (non-hydrogen) atoms. The van der Waals surface area contributed by atoms with E-state index in [-0.39, 0.29) is 5.91 Å². The van der Waals surface area contributed by atoms with Gasteiger partial charge in [0.15, 0.2) is 0 Å². The summed E-state index contributed by atoms with van der Waals surface area (Å²) in [6, 6.07) is 15.7. The van der Waals surface area contributed by atoms with Crippen LogP contribution in [0.25, 0.3) is 10.9 Å². The highest BCUT2D eigenvalue weighted by Crippen LogP contribution is 2.33. The first-order valence-corrected chi connectivity index (χ1v) is 10.7. The van der Waals surface area contributed by atoms with Crippen LogP contribution < -0.4 is 15.1 Å². The number of anilines is 3. The first-order valence-electron chi connectivity index (χ1n) is 10.7. The van der Waals surface area contributed by atoms with E-state index in [0.717, 1.165) is 67.4 Å². The van der Waals surface area contributed by atoms with Crippen LogP contribution in [-0.4, -0.2) is 63.5 Å². The van der Waals surface area contributed by atoms with E-state index in [1.54, 1.807) is 12.3 Å². The van der Waals surface area contributed by atoms with Crippen LogP contribution in [0.3, 0.4) is 0 Å². The van der Waals surface area contributed by atoms with Crippen LogP contribution in [0.1, 0.15) is 10.4 Å². The lowest BCUT2D eigenvalue weighted by molar-refractivity contribution is 0.102. The van der Waals surface area contributed by atoms with Crippen molar-refractivity contribution >= 4 is 33.9 Å². The molecule has 0 bridgehead atoms. The van der Waals surface area contributed by atoms with Crippen LogP contribution in [0, 0.1) is 0 Å². The zero-order valence-electron chi connectivity index (χ0n) is 17.4. The van der Waals surface area contributed by atoms with Gasteiger partial charge in [-0.05, 0) is 30.3 Å². The minimum Gasteiger partial charge on any atom is -0.378 e. The van der Waals surface area contributed by atoms with Gasteiger partial charge in [0.2, 0.25) is 0 Å². The lowest BCUT2D eigenvalue weighted by Crippen LogP contribution is -2.38. The van der Waals surface area contributed by atoms with E-state index in [0.29, 0.717) is 18.8 Å². The van der Waals surface area contributed by atoms with Crippen LogP contribution in [0.5, 0.6) is 0 Å². The number of ether oxygens (including phenoxy) is 2. The normalized spacial score (nSPS) is 17.0. The number of pyridine rings is 1. The largest absolute Gasteiger partial charge is 0.378 e. The fourth-order valence-corrected chi connectivity index (χ4v) is 4.19. The van der Waals surface area contributed by atoms with Crippen molar-refractivity contribution in [3.05, 3.63) is 60.3 Å². The maximum Gasteiger partial charge on any atom is 0.256 e. The summed E-state index contributed by atoms with van der Waals surface area (Å²) in [4.78, 5) is 22.2. The second kappa shape index (κ2) is 8.91. The van der Waals surface area contributed by atoms with Gasteiger partial charge in [-0.2, -0.15) is 0 Å². The third-order valence-electron chi connectivity index (χ3n) is 5.85. The van der Waals surface area contributed by atoms with Crippen LogP contribution in [0.4, 0.5) is 17.1 Å². The van der Waals surface area contributed by atoms with Crippen molar-refractivity contribution in [2.24, 2.45) is 0 Å². The van der Waals surface area contributed by atoms with Crippen molar-refractivity contribution in [3.63, 3.8) is 0 Å². The number of rotatable bonds is 4. The molecule has 0 atom stereocenters. The smallest absolute Gasteiger partial charge is 0.256 e. The average molecular weight is 418 g/mol. The summed E-state index contributed by atoms with van der Waals surface area (Å²) in [5.41, 5.74) is 4.42. The molecule has 1 N–H and O–H groups in total. The molecule has 0 unspecified atom stereocenters. The number of nitrogens with one attached hydrogen (secondary N) is 1. The number of para-hydroxylation sites is 1. The predicted molar refractivity (Wildman–Crippen MR) is 122 cm³/mol. The molecule has 3 heterocycles. The van der Waals surface area contributed by atoms with Gasteiger partial charge < -0.3 is 24.6 Å². The minimum atomic E-state index is -0.132. The van der Waals surface area contributed by atoms with Gasteiger partial charge in [0, 0.05) is 43.4 Å². The molecular formula is C24H26N4O3. The molecule has 2 fully saturated rings. The van der Waals surface area contributed by atoms with Crippen molar-refractivity contribution < 1.29 is 14.3 Å². The lowest BCUT2D eigenvalue weighted by Gasteiger charge is -2.33. The molecule has 5 rings (SSSR count). The molecule has 7 nitrogen and oxygen atoms in total. The van der Waals surface area contributed by atoms with Crippen LogP contribution in [0.2, 0.25) is 0 Å². The molecule has 7 heteroatoms. The highest BCUT2D eigenvalue weighted by molar-refractivity contribution is 6.13. The summed E-state index contributed by atoms with van der Waals surface area (Å²) in [6.07, 6.45) is 1.68. The summed E-state index contributed by atoms with van der Waals surface area (Å²) >= 11 is 0. The third-order valence-corrected chi connectivity index (χ3v) is 5.85. The second-order valence-corrected chi connectivity index (χ2v) is 7.73. The topological polar surface area (TPSA) is 66.9 Å². The molecular weight excluding hydrogens is 392 g/mol. The molecule has 2 aliphatic rings. The Balaban J connectivity index is 1.47. The number of benzene rings is 2. The Labute approximate surface area is 181 Å².